The Hall–Kier alpha value is -4.50. The van der Waals surface area contributed by atoms with Gasteiger partial charge in [-0.25, -0.2) is 0 Å². The summed E-state index contributed by atoms with van der Waals surface area (Å²) in [5.74, 6) is 2.78. The van der Waals surface area contributed by atoms with E-state index in [4.69, 9.17) is 15.2 Å². The number of rotatable bonds is 3. The topological polar surface area (TPSA) is 44.5 Å². The number of nitrogens with two attached hydrogens (primary N) is 1. The lowest BCUT2D eigenvalue weighted by Crippen LogP contribution is -2.35. The molecule has 8 rings (SSSR count). The molecule has 2 aliphatic carbocycles. The lowest BCUT2D eigenvalue weighted by atomic mass is 9.63. The van der Waals surface area contributed by atoms with Gasteiger partial charge in [0.25, 0.3) is 0 Å². The van der Waals surface area contributed by atoms with E-state index < -0.39 is 5.60 Å². The van der Waals surface area contributed by atoms with Gasteiger partial charge in [-0.05, 0) is 88.7 Å². The zero-order chi connectivity index (χ0) is 29.6. The summed E-state index contributed by atoms with van der Waals surface area (Å²) in [5, 5.41) is 2.31. The number of methoxy groups -OCH3 is 1. The lowest BCUT2D eigenvalue weighted by Gasteiger charge is -2.43. The van der Waals surface area contributed by atoms with Gasteiger partial charge in [0.05, 0.1) is 7.11 Å². The minimum atomic E-state index is -0.787. The van der Waals surface area contributed by atoms with Gasteiger partial charge in [-0.15, -0.1) is 0 Å². The van der Waals surface area contributed by atoms with Crippen LogP contribution in [0.3, 0.4) is 0 Å². The molecular weight excluding hydrogens is 526 g/mol. The SMILES string of the molecule is CC.COc1ccc2c3c(c4c(c2c1)OC(c1ccccc1)(c1ccc(N)cc1)C=C4)C1CCCCC1c1ccccc1-3. The Morgan fingerprint density at radius 2 is 1.47 bits per heavy atom. The Kier molecular flexibility index (Phi) is 6.97. The Balaban J connectivity index is 0.00000147. The molecule has 1 saturated carbocycles. The zero-order valence-electron chi connectivity index (χ0n) is 25.3. The first-order valence-corrected chi connectivity index (χ1v) is 15.7. The molecule has 0 bridgehead atoms. The Bertz CT molecular complexity index is 1820. The van der Waals surface area contributed by atoms with Crippen molar-refractivity contribution in [2.45, 2.75) is 57.0 Å². The predicted molar refractivity (Wildman–Crippen MR) is 179 cm³/mol. The molecule has 43 heavy (non-hydrogen) atoms. The predicted octanol–water partition coefficient (Wildman–Crippen LogP) is 10.2. The average molecular weight is 566 g/mol. The molecule has 5 aromatic rings. The number of benzene rings is 5. The van der Waals surface area contributed by atoms with Crippen LogP contribution in [0.2, 0.25) is 0 Å². The summed E-state index contributed by atoms with van der Waals surface area (Å²) in [6.45, 7) is 4.00. The van der Waals surface area contributed by atoms with Gasteiger partial charge in [0.15, 0.2) is 5.60 Å². The molecule has 0 saturated heterocycles. The second-order valence-electron chi connectivity index (χ2n) is 11.7. The highest BCUT2D eigenvalue weighted by Crippen LogP contribution is 2.59. The quantitative estimate of drug-likeness (QED) is 0.221. The summed E-state index contributed by atoms with van der Waals surface area (Å²) in [6.07, 6.45) is 9.61. The summed E-state index contributed by atoms with van der Waals surface area (Å²) < 4.78 is 13.2. The summed E-state index contributed by atoms with van der Waals surface area (Å²) in [6, 6.07) is 34.2. The molecule has 3 atom stereocenters. The van der Waals surface area contributed by atoms with E-state index in [0.29, 0.717) is 11.8 Å². The fraction of sp³-hybridized carbons (Fsp3) is 0.250. The molecule has 0 spiro atoms. The van der Waals surface area contributed by atoms with Gasteiger partial charge in [0.1, 0.15) is 11.5 Å². The van der Waals surface area contributed by atoms with Gasteiger partial charge in [-0.1, -0.05) is 99.5 Å². The molecule has 3 unspecified atom stereocenters. The van der Waals surface area contributed by atoms with Crippen molar-refractivity contribution in [2.75, 3.05) is 12.8 Å². The van der Waals surface area contributed by atoms with Crippen molar-refractivity contribution in [2.24, 2.45) is 0 Å². The Morgan fingerprint density at radius 1 is 0.767 bits per heavy atom. The number of ether oxygens (including phenoxy) is 2. The molecular formula is C40H39NO2. The number of nitrogen functional groups attached to an aromatic ring is 1. The van der Waals surface area contributed by atoms with E-state index in [1.165, 1.54) is 58.9 Å². The third-order valence-corrected chi connectivity index (χ3v) is 9.60. The van der Waals surface area contributed by atoms with Crippen LogP contribution in [0.15, 0.2) is 103 Å². The summed E-state index contributed by atoms with van der Waals surface area (Å²) >= 11 is 0. The molecule has 1 fully saturated rings. The first kappa shape index (κ1) is 27.3. The van der Waals surface area contributed by atoms with Gasteiger partial charge in [0, 0.05) is 27.8 Å². The first-order valence-electron chi connectivity index (χ1n) is 15.7. The van der Waals surface area contributed by atoms with Crippen molar-refractivity contribution in [1.29, 1.82) is 0 Å². The Morgan fingerprint density at radius 3 is 2.23 bits per heavy atom. The largest absolute Gasteiger partial charge is 0.497 e. The summed E-state index contributed by atoms with van der Waals surface area (Å²) in [5.41, 5.74) is 15.1. The highest BCUT2D eigenvalue weighted by Gasteiger charge is 2.43. The van der Waals surface area contributed by atoms with Crippen molar-refractivity contribution in [3.63, 3.8) is 0 Å². The van der Waals surface area contributed by atoms with E-state index in [-0.39, 0.29) is 0 Å². The summed E-state index contributed by atoms with van der Waals surface area (Å²) in [7, 11) is 1.73. The van der Waals surface area contributed by atoms with Crippen molar-refractivity contribution in [3.05, 3.63) is 131 Å². The van der Waals surface area contributed by atoms with Crippen LogP contribution >= 0.6 is 0 Å². The second-order valence-corrected chi connectivity index (χ2v) is 11.7. The first-order chi connectivity index (χ1) is 21.2. The molecule has 1 heterocycles. The molecule has 0 aromatic heterocycles. The zero-order valence-corrected chi connectivity index (χ0v) is 25.3. The molecule has 216 valence electrons. The van der Waals surface area contributed by atoms with E-state index in [1.54, 1.807) is 7.11 Å². The van der Waals surface area contributed by atoms with Crippen LogP contribution in [-0.4, -0.2) is 7.11 Å². The maximum Gasteiger partial charge on any atom is 0.178 e. The third-order valence-electron chi connectivity index (χ3n) is 9.60. The molecule has 0 amide bonds. The molecule has 3 aliphatic rings. The van der Waals surface area contributed by atoms with Crippen LogP contribution in [0.1, 0.15) is 79.2 Å². The minimum absolute atomic E-state index is 0.475. The van der Waals surface area contributed by atoms with E-state index in [9.17, 15) is 0 Å². The lowest BCUT2D eigenvalue weighted by molar-refractivity contribution is 0.163. The van der Waals surface area contributed by atoms with E-state index in [2.05, 4.69) is 97.1 Å². The Labute approximate surface area is 255 Å². The van der Waals surface area contributed by atoms with E-state index in [0.717, 1.165) is 33.7 Å². The van der Waals surface area contributed by atoms with Crippen LogP contribution in [0.5, 0.6) is 11.5 Å². The monoisotopic (exact) mass is 565 g/mol. The molecule has 5 aromatic carbocycles. The standard InChI is InChI=1S/C38H33NO2.C2H6/c1-40-27-19-20-32-34(23-27)37-33(36-31-14-8-6-12-29(31)28-11-5-7-13-30(28)35(32)36)21-22-38(41-37,24-9-3-2-4-10-24)25-15-17-26(39)18-16-25;1-2/h2-5,7,9-11,13,15-23,29,31H,6,8,12,14,39H2,1H3;1-2H3. The van der Waals surface area contributed by atoms with Crippen LogP contribution in [0.25, 0.3) is 28.0 Å². The summed E-state index contributed by atoms with van der Waals surface area (Å²) in [4.78, 5) is 0. The fourth-order valence-electron chi connectivity index (χ4n) is 7.74. The maximum absolute atomic E-state index is 7.39. The fourth-order valence-corrected chi connectivity index (χ4v) is 7.74. The number of hydrogen-bond acceptors (Lipinski definition) is 3. The maximum atomic E-state index is 7.39. The van der Waals surface area contributed by atoms with Crippen molar-refractivity contribution in [1.82, 2.24) is 0 Å². The molecule has 3 nitrogen and oxygen atoms in total. The van der Waals surface area contributed by atoms with Crippen molar-refractivity contribution in [3.8, 4) is 22.6 Å². The highest BCUT2D eigenvalue weighted by molar-refractivity contribution is 6.07. The van der Waals surface area contributed by atoms with Gasteiger partial charge in [-0.2, -0.15) is 0 Å². The number of anilines is 1. The number of fused-ring (bicyclic) bond motifs is 11. The van der Waals surface area contributed by atoms with Crippen molar-refractivity contribution < 1.29 is 9.47 Å². The van der Waals surface area contributed by atoms with Gasteiger partial charge in [-0.3, -0.25) is 0 Å². The van der Waals surface area contributed by atoms with Gasteiger partial charge < -0.3 is 15.2 Å². The van der Waals surface area contributed by atoms with Gasteiger partial charge in [0.2, 0.25) is 0 Å². The molecule has 0 radical (unpaired) electrons. The van der Waals surface area contributed by atoms with E-state index >= 15 is 0 Å². The molecule has 3 heteroatoms. The molecule has 2 N–H and O–H groups in total. The van der Waals surface area contributed by atoms with Crippen LogP contribution < -0.4 is 15.2 Å². The van der Waals surface area contributed by atoms with Crippen LogP contribution in [0, 0.1) is 0 Å². The normalized spacial score (nSPS) is 21.3. The highest BCUT2D eigenvalue weighted by atomic mass is 16.5. The minimum Gasteiger partial charge on any atom is -0.497 e. The van der Waals surface area contributed by atoms with Crippen LogP contribution in [-0.2, 0) is 5.60 Å². The van der Waals surface area contributed by atoms with Crippen LogP contribution in [0.4, 0.5) is 5.69 Å². The van der Waals surface area contributed by atoms with E-state index in [1.807, 2.05) is 26.0 Å². The second kappa shape index (κ2) is 11.0. The van der Waals surface area contributed by atoms with Crippen molar-refractivity contribution >= 4 is 22.5 Å². The smallest absolute Gasteiger partial charge is 0.178 e. The molecule has 1 aliphatic heterocycles. The average Bonchev–Trinajstić information content (AvgIpc) is 3.09. The number of hydrogen-bond donors (Lipinski definition) is 1. The third kappa shape index (κ3) is 4.25. The van der Waals surface area contributed by atoms with Gasteiger partial charge >= 0.3 is 0 Å².